The first-order chi connectivity index (χ1) is 7.85. The van der Waals surface area contributed by atoms with Gasteiger partial charge in [0.2, 0.25) is 0 Å². The molecule has 0 N–H and O–H groups in total. The Kier molecular flexibility index (Phi) is 4.01. The van der Waals surface area contributed by atoms with E-state index in [4.69, 9.17) is 0 Å². The van der Waals surface area contributed by atoms with Crippen LogP contribution in [0.1, 0.15) is 34.1 Å². The van der Waals surface area contributed by atoms with E-state index < -0.39 is 5.54 Å². The van der Waals surface area contributed by atoms with Crippen molar-refractivity contribution in [1.29, 1.82) is 5.26 Å². The maximum Gasteiger partial charge on any atom is 0.165 e. The fourth-order valence-electron chi connectivity index (χ4n) is 1.79. The molecule has 0 fully saturated rings. The maximum absolute atomic E-state index is 9.22. The van der Waals surface area contributed by atoms with Crippen molar-refractivity contribution >= 4 is 5.69 Å². The van der Waals surface area contributed by atoms with E-state index in [1.165, 1.54) is 0 Å². The minimum Gasteiger partial charge on any atom is -0.196 e. The molecule has 0 aliphatic heterocycles. The van der Waals surface area contributed by atoms with Gasteiger partial charge < -0.3 is 0 Å². The summed E-state index contributed by atoms with van der Waals surface area (Å²) in [4.78, 5) is 0. The van der Waals surface area contributed by atoms with Gasteiger partial charge >= 0.3 is 0 Å². The molecule has 0 bridgehead atoms. The van der Waals surface area contributed by atoms with Crippen molar-refractivity contribution in [2.24, 2.45) is 15.6 Å². The van der Waals surface area contributed by atoms with Crippen molar-refractivity contribution in [2.45, 2.75) is 39.7 Å². The summed E-state index contributed by atoms with van der Waals surface area (Å²) in [6, 6.07) is 11.7. The molecule has 0 amide bonds. The molecule has 90 valence electrons. The Morgan fingerprint density at radius 3 is 2.18 bits per heavy atom. The van der Waals surface area contributed by atoms with Gasteiger partial charge in [-0.15, -0.1) is 0 Å². The highest BCUT2D eigenvalue weighted by Crippen LogP contribution is 2.30. The van der Waals surface area contributed by atoms with Crippen LogP contribution in [0, 0.1) is 16.7 Å². The van der Waals surface area contributed by atoms with Gasteiger partial charge in [-0.2, -0.15) is 15.5 Å². The standard InChI is InChI=1S/C14H19N3/c1-13(2,3)10-14(4,11-15)17-16-12-8-6-5-7-9-12/h5-9H,10H2,1-4H3. The SMILES string of the molecule is CC(C)(C)CC(C)(C#N)N=Nc1ccccc1. The number of nitriles is 1. The largest absolute Gasteiger partial charge is 0.196 e. The van der Waals surface area contributed by atoms with Crippen LogP contribution in [0.2, 0.25) is 0 Å². The molecule has 0 spiro atoms. The van der Waals surface area contributed by atoms with Crippen molar-refractivity contribution in [3.63, 3.8) is 0 Å². The van der Waals surface area contributed by atoms with Crippen LogP contribution in [0.25, 0.3) is 0 Å². The van der Waals surface area contributed by atoms with Crippen LogP contribution in [-0.2, 0) is 0 Å². The monoisotopic (exact) mass is 229 g/mol. The van der Waals surface area contributed by atoms with E-state index in [0.717, 1.165) is 5.69 Å². The van der Waals surface area contributed by atoms with Crippen LogP contribution in [0.3, 0.4) is 0 Å². The molecule has 1 rings (SSSR count). The zero-order valence-electron chi connectivity index (χ0n) is 10.9. The maximum atomic E-state index is 9.22. The number of hydrogen-bond acceptors (Lipinski definition) is 3. The quantitative estimate of drug-likeness (QED) is 0.704. The van der Waals surface area contributed by atoms with Crippen molar-refractivity contribution in [3.05, 3.63) is 30.3 Å². The highest BCUT2D eigenvalue weighted by molar-refractivity contribution is 5.34. The molecular weight excluding hydrogens is 210 g/mol. The molecule has 1 aromatic carbocycles. The van der Waals surface area contributed by atoms with E-state index in [1.54, 1.807) is 0 Å². The minimum atomic E-state index is -0.756. The van der Waals surface area contributed by atoms with Gasteiger partial charge in [0, 0.05) is 0 Å². The Balaban J connectivity index is 2.84. The Morgan fingerprint density at radius 1 is 1.12 bits per heavy atom. The third-order valence-electron chi connectivity index (χ3n) is 2.26. The number of hydrogen-bond donors (Lipinski definition) is 0. The van der Waals surface area contributed by atoms with Gasteiger partial charge in [-0.1, -0.05) is 39.0 Å². The molecule has 0 saturated carbocycles. The van der Waals surface area contributed by atoms with Crippen molar-refractivity contribution in [1.82, 2.24) is 0 Å². The van der Waals surface area contributed by atoms with Crippen molar-refractivity contribution in [3.8, 4) is 6.07 Å². The van der Waals surface area contributed by atoms with E-state index in [9.17, 15) is 5.26 Å². The average molecular weight is 229 g/mol. The van der Waals surface area contributed by atoms with Gasteiger partial charge in [-0.25, -0.2) is 0 Å². The summed E-state index contributed by atoms with van der Waals surface area (Å²) in [5, 5.41) is 17.6. The summed E-state index contributed by atoms with van der Waals surface area (Å²) in [6.45, 7) is 8.12. The molecule has 3 nitrogen and oxygen atoms in total. The van der Waals surface area contributed by atoms with E-state index in [0.29, 0.717) is 6.42 Å². The van der Waals surface area contributed by atoms with Crippen molar-refractivity contribution < 1.29 is 0 Å². The van der Waals surface area contributed by atoms with Gasteiger partial charge in [-0.05, 0) is 30.9 Å². The smallest absolute Gasteiger partial charge is 0.165 e. The summed E-state index contributed by atoms with van der Waals surface area (Å²) in [7, 11) is 0. The molecule has 0 aliphatic rings. The number of rotatable bonds is 3. The molecule has 0 radical (unpaired) electrons. The Hall–Kier alpha value is -1.69. The zero-order valence-corrected chi connectivity index (χ0v) is 10.9. The molecule has 0 heterocycles. The third-order valence-corrected chi connectivity index (χ3v) is 2.26. The number of benzene rings is 1. The van der Waals surface area contributed by atoms with E-state index in [-0.39, 0.29) is 5.41 Å². The molecule has 1 aromatic rings. The summed E-state index contributed by atoms with van der Waals surface area (Å²) >= 11 is 0. The molecule has 3 heteroatoms. The van der Waals surface area contributed by atoms with Crippen LogP contribution in [0.15, 0.2) is 40.6 Å². The first-order valence-electron chi connectivity index (χ1n) is 5.74. The van der Waals surface area contributed by atoms with Gasteiger partial charge in [0.1, 0.15) is 0 Å². The van der Waals surface area contributed by atoms with E-state index >= 15 is 0 Å². The van der Waals surface area contributed by atoms with Gasteiger partial charge in [0.05, 0.1) is 11.8 Å². The Morgan fingerprint density at radius 2 is 1.71 bits per heavy atom. The summed E-state index contributed by atoms with van der Waals surface area (Å²) in [5.41, 5.74) is 0.0803. The van der Waals surface area contributed by atoms with Crippen LogP contribution < -0.4 is 0 Å². The first-order valence-corrected chi connectivity index (χ1v) is 5.74. The molecule has 0 aliphatic carbocycles. The predicted octanol–water partition coefficient (Wildman–Crippen LogP) is 4.49. The molecule has 17 heavy (non-hydrogen) atoms. The zero-order chi connectivity index (χ0) is 12.9. The van der Waals surface area contributed by atoms with Crippen molar-refractivity contribution in [2.75, 3.05) is 0 Å². The number of azo groups is 1. The lowest BCUT2D eigenvalue weighted by molar-refractivity contribution is 0.307. The fourth-order valence-corrected chi connectivity index (χ4v) is 1.79. The van der Waals surface area contributed by atoms with Crippen LogP contribution in [0.5, 0.6) is 0 Å². The lowest BCUT2D eigenvalue weighted by atomic mass is 9.82. The molecule has 1 unspecified atom stereocenters. The summed E-state index contributed by atoms with van der Waals surface area (Å²) < 4.78 is 0. The molecule has 1 atom stereocenters. The second kappa shape index (κ2) is 5.09. The molecule has 0 saturated heterocycles. The van der Waals surface area contributed by atoms with Crippen LogP contribution in [-0.4, -0.2) is 5.54 Å². The third kappa shape index (κ3) is 4.78. The summed E-state index contributed by atoms with van der Waals surface area (Å²) in [6.07, 6.45) is 0.687. The predicted molar refractivity (Wildman–Crippen MR) is 69.0 cm³/mol. The lowest BCUT2D eigenvalue weighted by Crippen LogP contribution is -2.26. The Bertz CT molecular complexity index is 423. The topological polar surface area (TPSA) is 48.5 Å². The van der Waals surface area contributed by atoms with Gasteiger partial charge in [0.15, 0.2) is 5.54 Å². The molecule has 0 aromatic heterocycles. The fraction of sp³-hybridized carbons (Fsp3) is 0.500. The van der Waals surface area contributed by atoms with E-state index in [1.807, 2.05) is 37.3 Å². The van der Waals surface area contributed by atoms with Crippen LogP contribution >= 0.6 is 0 Å². The molecular formula is C14H19N3. The second-order valence-corrected chi connectivity index (χ2v) is 5.66. The normalized spacial score (nSPS) is 15.5. The second-order valence-electron chi connectivity index (χ2n) is 5.66. The number of nitrogens with zero attached hydrogens (tertiary/aromatic N) is 3. The highest BCUT2D eigenvalue weighted by atomic mass is 15.1. The van der Waals surface area contributed by atoms with Gasteiger partial charge in [-0.3, -0.25) is 0 Å². The van der Waals surface area contributed by atoms with E-state index in [2.05, 4.69) is 37.1 Å². The minimum absolute atomic E-state index is 0.0557. The summed E-state index contributed by atoms with van der Waals surface area (Å²) in [5.74, 6) is 0. The Labute approximate surface area is 103 Å². The van der Waals surface area contributed by atoms with Gasteiger partial charge in [0.25, 0.3) is 0 Å². The lowest BCUT2D eigenvalue weighted by Gasteiger charge is -2.25. The first kappa shape index (κ1) is 13.4. The average Bonchev–Trinajstić information content (AvgIpc) is 2.26. The highest BCUT2D eigenvalue weighted by Gasteiger charge is 2.29. The van der Waals surface area contributed by atoms with Crippen LogP contribution in [0.4, 0.5) is 5.69 Å².